The van der Waals surface area contributed by atoms with Gasteiger partial charge in [0, 0.05) is 57.5 Å². The van der Waals surface area contributed by atoms with Crippen LogP contribution in [-0.2, 0) is 0 Å². The number of aromatic nitrogens is 2. The van der Waals surface area contributed by atoms with Crippen LogP contribution in [0.5, 0.6) is 0 Å². The summed E-state index contributed by atoms with van der Waals surface area (Å²) in [5.74, 6) is 0. The Morgan fingerprint density at radius 1 is 0.471 bits per heavy atom. The quantitative estimate of drug-likeness (QED) is 0.130. The van der Waals surface area contributed by atoms with E-state index in [9.17, 15) is 0 Å². The molecule has 7 aromatic carbocycles. The first-order valence-corrected chi connectivity index (χ1v) is 17.7. The second kappa shape index (κ2) is 10.5. The number of hydrogen-bond donors (Lipinski definition) is 0. The third-order valence-corrected chi connectivity index (χ3v) is 11.1. The van der Waals surface area contributed by atoms with Gasteiger partial charge in [0.25, 0.3) is 0 Å². The molecule has 2 atom stereocenters. The fraction of sp³-hybridized carbons (Fsp3) is 0.0426. The average Bonchev–Trinajstić information content (AvgIpc) is 3.52. The van der Waals surface area contributed by atoms with E-state index in [-0.39, 0.29) is 6.04 Å². The summed E-state index contributed by atoms with van der Waals surface area (Å²) in [5, 5.41) is 10.6. The lowest BCUT2D eigenvalue weighted by Gasteiger charge is -2.13. The van der Waals surface area contributed by atoms with Crippen molar-refractivity contribution in [2.75, 3.05) is 0 Å². The molecular formula is C47H33N4+. The average molecular weight is 654 g/mol. The van der Waals surface area contributed by atoms with Crippen LogP contribution in [0.4, 0.5) is 5.69 Å². The van der Waals surface area contributed by atoms with Gasteiger partial charge in [-0.3, -0.25) is 0 Å². The minimum Gasteiger partial charge on any atom is -0.309 e. The van der Waals surface area contributed by atoms with Gasteiger partial charge in [-0.15, -0.1) is 4.59 Å². The highest BCUT2D eigenvalue weighted by molar-refractivity contribution is 6.35. The molecule has 1 fully saturated rings. The van der Waals surface area contributed by atoms with Crippen molar-refractivity contribution in [2.45, 2.75) is 13.0 Å². The molecule has 0 N–H and O–H groups in total. The molecule has 2 aromatic heterocycles. The molecule has 0 radical (unpaired) electrons. The van der Waals surface area contributed by atoms with Crippen molar-refractivity contribution in [3.05, 3.63) is 193 Å². The van der Waals surface area contributed by atoms with Crippen LogP contribution >= 0.6 is 0 Å². The summed E-state index contributed by atoms with van der Waals surface area (Å²) in [7, 11) is 0. The van der Waals surface area contributed by atoms with Crippen LogP contribution in [0.2, 0.25) is 0 Å². The van der Waals surface area contributed by atoms with Crippen molar-refractivity contribution in [1.29, 1.82) is 0 Å². The normalized spacial score (nSPS) is 18.2. The van der Waals surface area contributed by atoms with Crippen molar-refractivity contribution in [2.24, 2.45) is 5.10 Å². The van der Waals surface area contributed by atoms with Crippen LogP contribution in [0.15, 0.2) is 187 Å². The summed E-state index contributed by atoms with van der Waals surface area (Å²) in [6.45, 7) is 2.31. The zero-order chi connectivity index (χ0) is 33.7. The van der Waals surface area contributed by atoms with Crippen LogP contribution in [-0.4, -0.2) is 20.9 Å². The highest BCUT2D eigenvalue weighted by Crippen LogP contribution is 2.57. The number of para-hydroxylation sites is 3. The van der Waals surface area contributed by atoms with Gasteiger partial charge in [0.15, 0.2) is 11.7 Å². The van der Waals surface area contributed by atoms with E-state index in [1.807, 2.05) is 0 Å². The summed E-state index contributed by atoms with van der Waals surface area (Å²) in [6.07, 6.45) is 0. The Bertz CT molecular complexity index is 2900. The van der Waals surface area contributed by atoms with Gasteiger partial charge in [0.05, 0.1) is 27.6 Å². The molecule has 11 rings (SSSR count). The molecule has 2 aliphatic rings. The Labute approximate surface area is 295 Å². The molecule has 1 saturated heterocycles. The number of quaternary nitrogens is 1. The monoisotopic (exact) mass is 653 g/mol. The number of allylic oxidation sites excluding steroid dienone is 1. The SMILES string of the molecule is CC1C2=C(c3ccccc3)C(c3ccccc3)=N[N+]21c1ccc(-n2c3ccccc3c3c2ccc2c4ccccc4n(-c4ccccc4)c23)cc1. The fourth-order valence-electron chi connectivity index (χ4n) is 8.83. The zero-order valence-corrected chi connectivity index (χ0v) is 28.1. The molecule has 4 heterocycles. The third kappa shape index (κ3) is 3.85. The van der Waals surface area contributed by atoms with Crippen LogP contribution in [0.25, 0.3) is 60.6 Å². The van der Waals surface area contributed by atoms with Gasteiger partial charge in [0.2, 0.25) is 5.70 Å². The van der Waals surface area contributed by atoms with E-state index < -0.39 is 0 Å². The summed E-state index contributed by atoms with van der Waals surface area (Å²) < 4.78 is 5.40. The molecule has 2 unspecified atom stereocenters. The van der Waals surface area contributed by atoms with Gasteiger partial charge < -0.3 is 9.13 Å². The van der Waals surface area contributed by atoms with Crippen molar-refractivity contribution < 1.29 is 0 Å². The highest BCUT2D eigenvalue weighted by Gasteiger charge is 2.69. The maximum atomic E-state index is 5.53. The summed E-state index contributed by atoms with van der Waals surface area (Å²) in [4.78, 5) is 0. The molecule has 0 spiro atoms. The van der Waals surface area contributed by atoms with Crippen molar-refractivity contribution in [3.8, 4) is 11.4 Å². The van der Waals surface area contributed by atoms with Crippen LogP contribution in [0, 0.1) is 0 Å². The summed E-state index contributed by atoms with van der Waals surface area (Å²) in [6, 6.07) is 63.8. The second-order valence-corrected chi connectivity index (χ2v) is 13.7. The number of fused-ring (bicyclic) bond motifs is 8. The van der Waals surface area contributed by atoms with Gasteiger partial charge in [0.1, 0.15) is 5.71 Å². The van der Waals surface area contributed by atoms with Gasteiger partial charge in [-0.2, -0.15) is 0 Å². The molecule has 0 aliphatic carbocycles. The van der Waals surface area contributed by atoms with Crippen LogP contribution in [0.1, 0.15) is 18.1 Å². The molecule has 0 saturated carbocycles. The van der Waals surface area contributed by atoms with E-state index in [4.69, 9.17) is 5.10 Å². The topological polar surface area (TPSA) is 22.2 Å². The number of rotatable bonds is 5. The molecule has 51 heavy (non-hydrogen) atoms. The first-order valence-electron chi connectivity index (χ1n) is 17.7. The van der Waals surface area contributed by atoms with E-state index in [2.05, 4.69) is 192 Å². The van der Waals surface area contributed by atoms with E-state index in [1.54, 1.807) is 0 Å². The fourth-order valence-corrected chi connectivity index (χ4v) is 8.83. The Balaban J connectivity index is 1.12. The molecule has 9 aromatic rings. The first-order chi connectivity index (χ1) is 25.2. The van der Waals surface area contributed by atoms with Crippen molar-refractivity contribution in [3.63, 3.8) is 0 Å². The lowest BCUT2D eigenvalue weighted by atomic mass is 9.95. The van der Waals surface area contributed by atoms with E-state index in [0.717, 1.165) is 17.0 Å². The number of hydrogen-bond acceptors (Lipinski definition) is 1. The maximum Gasteiger partial charge on any atom is 0.213 e. The van der Waals surface area contributed by atoms with Gasteiger partial charge >= 0.3 is 0 Å². The summed E-state index contributed by atoms with van der Waals surface area (Å²) >= 11 is 0. The molecule has 4 nitrogen and oxygen atoms in total. The third-order valence-electron chi connectivity index (χ3n) is 11.1. The van der Waals surface area contributed by atoms with Crippen molar-refractivity contribution >= 4 is 60.6 Å². The predicted molar refractivity (Wildman–Crippen MR) is 213 cm³/mol. The van der Waals surface area contributed by atoms with Crippen molar-refractivity contribution in [1.82, 2.24) is 13.7 Å². The van der Waals surface area contributed by atoms with E-state index in [0.29, 0.717) is 4.59 Å². The minimum atomic E-state index is 0.278. The second-order valence-electron chi connectivity index (χ2n) is 13.7. The summed E-state index contributed by atoms with van der Waals surface area (Å²) in [5.41, 5.74) is 14.4. The minimum absolute atomic E-state index is 0.278. The van der Waals surface area contributed by atoms with Gasteiger partial charge in [-0.25, -0.2) is 0 Å². The smallest absolute Gasteiger partial charge is 0.213 e. The molecule has 2 aliphatic heterocycles. The van der Waals surface area contributed by atoms with E-state index in [1.165, 1.54) is 71.8 Å². The number of benzene rings is 7. The lowest BCUT2D eigenvalue weighted by molar-refractivity contribution is 0.557. The largest absolute Gasteiger partial charge is 0.309 e. The number of nitrogens with zero attached hydrogens (tertiary/aromatic N) is 4. The highest BCUT2D eigenvalue weighted by atomic mass is 15.8. The molecule has 4 heteroatoms. The van der Waals surface area contributed by atoms with Crippen LogP contribution < -0.4 is 4.59 Å². The molecular weight excluding hydrogens is 621 g/mol. The molecule has 0 bridgehead atoms. The Morgan fingerprint density at radius 3 is 1.75 bits per heavy atom. The zero-order valence-electron chi connectivity index (χ0n) is 28.1. The molecule has 0 amide bonds. The van der Waals surface area contributed by atoms with Crippen LogP contribution in [0.3, 0.4) is 0 Å². The van der Waals surface area contributed by atoms with Gasteiger partial charge in [-0.1, -0.05) is 126 Å². The Morgan fingerprint density at radius 2 is 1.04 bits per heavy atom. The predicted octanol–water partition coefficient (Wildman–Crippen LogP) is 11.4. The molecule has 240 valence electrons. The Hall–Kier alpha value is -6.49. The first kappa shape index (κ1) is 28.4. The van der Waals surface area contributed by atoms with E-state index >= 15 is 0 Å². The lowest BCUT2D eigenvalue weighted by Crippen LogP contribution is -2.21. The standard InChI is InChI=1S/C47H33N4/c1-31-47-43(32-15-5-2-6-16-32)45(33-17-7-3-8-18-33)48-51(31,47)36-27-25-35(26-28-36)49-41-24-14-12-22-39(41)44-42(49)30-29-38-37-21-11-13-23-40(37)50(46(38)44)34-19-9-4-10-20-34/h2-31H,1H3/q+1. The van der Waals surface area contributed by atoms with Gasteiger partial charge in [-0.05, 0) is 48.0 Å². The maximum absolute atomic E-state index is 5.53. The Kier molecular flexibility index (Phi) is 5.84.